The number of rotatable bonds is 7. The van der Waals surface area contributed by atoms with Crippen LogP contribution in [0.15, 0.2) is 23.2 Å². The fraction of sp³-hybridized carbons (Fsp3) is 0.500. The van der Waals surface area contributed by atoms with Crippen LogP contribution in [-0.4, -0.2) is 33.9 Å². The minimum Gasteiger partial charge on any atom is -0.434 e. The molecule has 1 aromatic carbocycles. The molecule has 0 spiro atoms. The van der Waals surface area contributed by atoms with Gasteiger partial charge in [-0.3, -0.25) is 0 Å². The fourth-order valence-electron chi connectivity index (χ4n) is 3.05. The first-order chi connectivity index (χ1) is 13.6. The summed E-state index contributed by atoms with van der Waals surface area (Å²) in [5.41, 5.74) is 0.477. The molecule has 1 aliphatic rings. The molecule has 0 radical (unpaired) electrons. The van der Waals surface area contributed by atoms with Crippen molar-refractivity contribution in [2.24, 2.45) is 4.99 Å². The summed E-state index contributed by atoms with van der Waals surface area (Å²) in [6, 6.07) is 4.49. The number of hydrogen-bond donors (Lipinski definition) is 2. The number of halogens is 3. The minimum atomic E-state index is -2.91. The molecule has 0 bridgehead atoms. The molecule has 10 heteroatoms. The van der Waals surface area contributed by atoms with E-state index in [0.29, 0.717) is 29.6 Å². The van der Waals surface area contributed by atoms with Gasteiger partial charge >= 0.3 is 6.61 Å². The van der Waals surface area contributed by atoms with Crippen molar-refractivity contribution < 1.29 is 13.5 Å². The van der Waals surface area contributed by atoms with Crippen LogP contribution >= 0.6 is 11.6 Å². The van der Waals surface area contributed by atoms with Gasteiger partial charge in [0.2, 0.25) is 0 Å². The van der Waals surface area contributed by atoms with E-state index in [1.54, 1.807) is 6.07 Å². The number of alkyl halides is 2. The molecular formula is C18H23ClF2N6O. The van der Waals surface area contributed by atoms with Gasteiger partial charge in [-0.05, 0) is 38.0 Å². The summed E-state index contributed by atoms with van der Waals surface area (Å²) in [6.45, 7) is 1.21. The van der Waals surface area contributed by atoms with Crippen molar-refractivity contribution in [3.8, 4) is 5.75 Å². The number of nitrogens with zero attached hydrogens (tertiary/aromatic N) is 4. The van der Waals surface area contributed by atoms with Gasteiger partial charge in [-0.25, -0.2) is 4.99 Å². The lowest BCUT2D eigenvalue weighted by Crippen LogP contribution is -2.37. The van der Waals surface area contributed by atoms with Crippen molar-refractivity contribution in [2.75, 3.05) is 6.54 Å². The van der Waals surface area contributed by atoms with Crippen LogP contribution in [0.2, 0.25) is 5.02 Å². The molecule has 2 aromatic rings. The third-order valence-corrected chi connectivity index (χ3v) is 4.58. The quantitative estimate of drug-likeness (QED) is 0.539. The van der Waals surface area contributed by atoms with E-state index in [4.69, 9.17) is 11.6 Å². The molecule has 0 atom stereocenters. The van der Waals surface area contributed by atoms with E-state index in [9.17, 15) is 8.78 Å². The van der Waals surface area contributed by atoms with E-state index < -0.39 is 6.61 Å². The van der Waals surface area contributed by atoms with Gasteiger partial charge in [-0.15, -0.1) is 10.2 Å². The lowest BCUT2D eigenvalue weighted by atomic mass is 10.2. The molecule has 0 fully saturated rings. The molecule has 2 heterocycles. The molecule has 152 valence electrons. The van der Waals surface area contributed by atoms with Crippen molar-refractivity contribution in [3.63, 3.8) is 0 Å². The maximum Gasteiger partial charge on any atom is 0.387 e. The zero-order valence-corrected chi connectivity index (χ0v) is 16.3. The van der Waals surface area contributed by atoms with Crippen molar-refractivity contribution in [3.05, 3.63) is 40.4 Å². The summed E-state index contributed by atoms with van der Waals surface area (Å²) < 4.78 is 31.9. The van der Waals surface area contributed by atoms with Crippen LogP contribution < -0.4 is 15.4 Å². The Hall–Kier alpha value is -2.42. The van der Waals surface area contributed by atoms with E-state index >= 15 is 0 Å². The van der Waals surface area contributed by atoms with Crippen LogP contribution in [0.5, 0.6) is 5.75 Å². The van der Waals surface area contributed by atoms with Crippen LogP contribution in [-0.2, 0) is 26.1 Å². The summed E-state index contributed by atoms with van der Waals surface area (Å²) in [4.78, 5) is 4.46. The smallest absolute Gasteiger partial charge is 0.387 e. The highest BCUT2D eigenvalue weighted by atomic mass is 35.5. The monoisotopic (exact) mass is 412 g/mol. The van der Waals surface area contributed by atoms with Crippen LogP contribution in [0.1, 0.15) is 37.0 Å². The Kier molecular flexibility index (Phi) is 7.02. The van der Waals surface area contributed by atoms with Gasteiger partial charge in [-0.2, -0.15) is 8.78 Å². The van der Waals surface area contributed by atoms with E-state index in [1.807, 2.05) is 6.92 Å². The SMILES string of the molecule is CCNC(=NCc1cc(Cl)ccc1OC(F)F)NCc1nnc2n1CCCC2. The van der Waals surface area contributed by atoms with E-state index in [1.165, 1.54) is 12.1 Å². The summed E-state index contributed by atoms with van der Waals surface area (Å²) in [7, 11) is 0. The number of nitrogens with one attached hydrogen (secondary N) is 2. The predicted octanol–water partition coefficient (Wildman–Crippen LogP) is 3.12. The Morgan fingerprint density at radius 3 is 2.96 bits per heavy atom. The summed E-state index contributed by atoms with van der Waals surface area (Å²) in [5.74, 6) is 2.46. The Morgan fingerprint density at radius 2 is 2.18 bits per heavy atom. The largest absolute Gasteiger partial charge is 0.434 e. The van der Waals surface area contributed by atoms with Gasteiger partial charge in [0.05, 0.1) is 13.1 Å². The normalized spacial score (nSPS) is 14.1. The maximum absolute atomic E-state index is 12.6. The minimum absolute atomic E-state index is 0.0607. The van der Waals surface area contributed by atoms with Gasteiger partial charge < -0.3 is 19.9 Å². The first kappa shape index (κ1) is 20.3. The highest BCUT2D eigenvalue weighted by Gasteiger charge is 2.16. The van der Waals surface area contributed by atoms with Crippen molar-refractivity contribution >= 4 is 17.6 Å². The van der Waals surface area contributed by atoms with Crippen LogP contribution in [0, 0.1) is 0 Å². The van der Waals surface area contributed by atoms with Gasteiger partial charge in [0.25, 0.3) is 0 Å². The Labute approximate surface area is 167 Å². The zero-order chi connectivity index (χ0) is 19.9. The average molecular weight is 413 g/mol. The molecule has 7 nitrogen and oxygen atoms in total. The van der Waals surface area contributed by atoms with Crippen LogP contribution in [0.25, 0.3) is 0 Å². The number of guanidine groups is 1. The Morgan fingerprint density at radius 1 is 1.32 bits per heavy atom. The molecule has 1 aliphatic heterocycles. The number of fused-ring (bicyclic) bond motifs is 1. The molecule has 0 aliphatic carbocycles. The second kappa shape index (κ2) is 9.68. The van der Waals surface area contributed by atoms with Crippen molar-refractivity contribution in [1.29, 1.82) is 0 Å². The van der Waals surface area contributed by atoms with Gasteiger partial charge in [-0.1, -0.05) is 11.6 Å². The van der Waals surface area contributed by atoms with Gasteiger partial charge in [0.15, 0.2) is 11.8 Å². The van der Waals surface area contributed by atoms with Gasteiger partial charge in [0.1, 0.15) is 11.6 Å². The Bertz CT molecular complexity index is 826. The predicted molar refractivity (Wildman–Crippen MR) is 103 cm³/mol. The number of ether oxygens (including phenoxy) is 1. The second-order valence-corrected chi connectivity index (χ2v) is 6.76. The zero-order valence-electron chi connectivity index (χ0n) is 15.6. The highest BCUT2D eigenvalue weighted by Crippen LogP contribution is 2.25. The fourth-order valence-corrected chi connectivity index (χ4v) is 3.25. The standard InChI is InChI=1S/C18H23ClF2N6O/c1-2-22-18(24-11-16-26-25-15-5-3-4-8-27(15)16)23-10-12-9-13(19)6-7-14(12)28-17(20)21/h6-7,9,17H,2-5,8,10-11H2,1H3,(H2,22,23,24). The number of benzene rings is 1. The van der Waals surface area contributed by atoms with Crippen molar-refractivity contribution in [1.82, 2.24) is 25.4 Å². The van der Waals surface area contributed by atoms with Crippen molar-refractivity contribution in [2.45, 2.75) is 52.4 Å². The third kappa shape index (κ3) is 5.31. The van der Waals surface area contributed by atoms with Gasteiger partial charge in [0, 0.05) is 30.1 Å². The first-order valence-corrected chi connectivity index (χ1v) is 9.61. The highest BCUT2D eigenvalue weighted by molar-refractivity contribution is 6.30. The molecule has 2 N–H and O–H groups in total. The molecule has 1 aromatic heterocycles. The molecular weight excluding hydrogens is 390 g/mol. The molecule has 0 unspecified atom stereocenters. The second-order valence-electron chi connectivity index (χ2n) is 6.32. The number of aryl methyl sites for hydroxylation is 1. The van der Waals surface area contributed by atoms with E-state index in [-0.39, 0.29) is 12.3 Å². The summed E-state index contributed by atoms with van der Waals surface area (Å²) in [6.07, 6.45) is 3.20. The topological polar surface area (TPSA) is 76.4 Å². The number of aromatic nitrogens is 3. The lowest BCUT2D eigenvalue weighted by Gasteiger charge is -2.16. The average Bonchev–Trinajstić information content (AvgIpc) is 3.09. The number of aliphatic imine (C=N–C) groups is 1. The maximum atomic E-state index is 12.6. The summed E-state index contributed by atoms with van der Waals surface area (Å²) >= 11 is 5.99. The molecule has 28 heavy (non-hydrogen) atoms. The molecule has 0 saturated carbocycles. The Balaban J connectivity index is 1.69. The van der Waals surface area contributed by atoms with Crippen LogP contribution in [0.3, 0.4) is 0 Å². The summed E-state index contributed by atoms with van der Waals surface area (Å²) in [5, 5.41) is 15.3. The van der Waals surface area contributed by atoms with E-state index in [2.05, 4.69) is 35.1 Å². The molecule has 0 saturated heterocycles. The molecule has 3 rings (SSSR count). The third-order valence-electron chi connectivity index (χ3n) is 4.34. The van der Waals surface area contributed by atoms with Crippen LogP contribution in [0.4, 0.5) is 8.78 Å². The lowest BCUT2D eigenvalue weighted by molar-refractivity contribution is -0.0504. The molecule has 0 amide bonds. The first-order valence-electron chi connectivity index (χ1n) is 9.23. The van der Waals surface area contributed by atoms with E-state index in [0.717, 1.165) is 37.5 Å². The number of hydrogen-bond acceptors (Lipinski definition) is 4.